The van der Waals surface area contributed by atoms with Gasteiger partial charge in [0.15, 0.2) is 0 Å². The van der Waals surface area contributed by atoms with E-state index in [1.807, 2.05) is 13.0 Å². The maximum atomic E-state index is 12.5. The summed E-state index contributed by atoms with van der Waals surface area (Å²) in [7, 11) is -1.84. The van der Waals surface area contributed by atoms with Crippen LogP contribution in [0.25, 0.3) is 0 Å². The normalized spacial score (nSPS) is 17.2. The maximum Gasteiger partial charge on any atom is 0.243 e. The number of sulfonamides is 1. The molecule has 1 aliphatic rings. The van der Waals surface area contributed by atoms with Gasteiger partial charge in [0.2, 0.25) is 10.0 Å². The second-order valence-corrected chi connectivity index (χ2v) is 7.19. The van der Waals surface area contributed by atoms with Gasteiger partial charge < -0.3 is 0 Å². The van der Waals surface area contributed by atoms with E-state index in [-0.39, 0.29) is 10.9 Å². The summed E-state index contributed by atoms with van der Waals surface area (Å²) >= 11 is 0. The third-order valence-corrected chi connectivity index (χ3v) is 5.81. The van der Waals surface area contributed by atoms with Crippen molar-refractivity contribution in [2.45, 2.75) is 37.6 Å². The molecule has 2 rings (SSSR count). The number of hydrogen-bond acceptors (Lipinski definition) is 3. The molecule has 1 fully saturated rings. The molecule has 1 aromatic rings. The zero-order chi connectivity index (χ0) is 14.2. The smallest absolute Gasteiger partial charge is 0.207 e. The highest BCUT2D eigenvalue weighted by atomic mass is 32.2. The molecule has 4 nitrogen and oxygen atoms in total. The minimum Gasteiger partial charge on any atom is -0.207 e. The van der Waals surface area contributed by atoms with E-state index >= 15 is 0 Å². The SMILES string of the molecule is Cc1cc(S(=O)(=O)N(C)C(C)C2CC2)ccc1C#N. The van der Waals surface area contributed by atoms with Gasteiger partial charge in [-0.2, -0.15) is 9.57 Å². The molecule has 0 spiro atoms. The van der Waals surface area contributed by atoms with Crippen molar-refractivity contribution in [2.24, 2.45) is 5.92 Å². The molecule has 0 saturated heterocycles. The molecule has 1 atom stereocenters. The molecule has 102 valence electrons. The zero-order valence-electron chi connectivity index (χ0n) is 11.4. The lowest BCUT2D eigenvalue weighted by molar-refractivity contribution is 0.357. The van der Waals surface area contributed by atoms with Gasteiger partial charge in [-0.3, -0.25) is 0 Å². The lowest BCUT2D eigenvalue weighted by Gasteiger charge is -2.24. The van der Waals surface area contributed by atoms with Gasteiger partial charge in [-0.1, -0.05) is 0 Å². The van der Waals surface area contributed by atoms with Crippen LogP contribution in [0.15, 0.2) is 23.1 Å². The summed E-state index contributed by atoms with van der Waals surface area (Å²) < 4.78 is 26.5. The van der Waals surface area contributed by atoms with Crippen LogP contribution in [-0.4, -0.2) is 25.8 Å². The number of nitriles is 1. The Morgan fingerprint density at radius 3 is 2.53 bits per heavy atom. The highest BCUT2D eigenvalue weighted by Gasteiger charge is 2.36. The first kappa shape index (κ1) is 14.0. The monoisotopic (exact) mass is 278 g/mol. The fraction of sp³-hybridized carbons (Fsp3) is 0.500. The van der Waals surface area contributed by atoms with E-state index in [9.17, 15) is 8.42 Å². The van der Waals surface area contributed by atoms with Crippen LogP contribution in [-0.2, 0) is 10.0 Å². The topological polar surface area (TPSA) is 61.2 Å². The van der Waals surface area contributed by atoms with Crippen molar-refractivity contribution in [1.82, 2.24) is 4.31 Å². The third kappa shape index (κ3) is 2.65. The van der Waals surface area contributed by atoms with Crippen molar-refractivity contribution >= 4 is 10.0 Å². The van der Waals surface area contributed by atoms with E-state index in [1.165, 1.54) is 10.4 Å². The first-order chi connectivity index (χ1) is 8.87. The summed E-state index contributed by atoms with van der Waals surface area (Å²) in [5, 5.41) is 8.88. The Hall–Kier alpha value is -1.38. The zero-order valence-corrected chi connectivity index (χ0v) is 12.2. The number of nitrogens with zero attached hydrogens (tertiary/aromatic N) is 2. The molecule has 19 heavy (non-hydrogen) atoms. The predicted molar refractivity (Wildman–Crippen MR) is 73.0 cm³/mol. The van der Waals surface area contributed by atoms with Gasteiger partial charge in [0, 0.05) is 13.1 Å². The number of aryl methyl sites for hydroxylation is 1. The molecule has 0 radical (unpaired) electrons. The van der Waals surface area contributed by atoms with Crippen molar-refractivity contribution in [3.8, 4) is 6.07 Å². The van der Waals surface area contributed by atoms with Crippen LogP contribution in [0, 0.1) is 24.2 Å². The molecule has 0 heterocycles. The lowest BCUT2D eigenvalue weighted by atomic mass is 10.1. The number of hydrogen-bond donors (Lipinski definition) is 0. The Balaban J connectivity index is 2.33. The van der Waals surface area contributed by atoms with Gasteiger partial charge in [-0.15, -0.1) is 0 Å². The first-order valence-corrected chi connectivity index (χ1v) is 7.80. The molecule has 0 amide bonds. The predicted octanol–water partition coefficient (Wildman–Crippen LogP) is 2.29. The molecule has 1 saturated carbocycles. The van der Waals surface area contributed by atoms with E-state index in [2.05, 4.69) is 0 Å². The fourth-order valence-electron chi connectivity index (χ4n) is 2.18. The van der Waals surface area contributed by atoms with Crippen LogP contribution in [0.3, 0.4) is 0 Å². The molecular formula is C14H18N2O2S. The van der Waals surface area contributed by atoms with Crippen molar-refractivity contribution in [3.63, 3.8) is 0 Å². The Bertz CT molecular complexity index is 627. The van der Waals surface area contributed by atoms with Gasteiger partial charge in [0.25, 0.3) is 0 Å². The van der Waals surface area contributed by atoms with Gasteiger partial charge in [0.1, 0.15) is 0 Å². The summed E-state index contributed by atoms with van der Waals surface area (Å²) in [5.41, 5.74) is 1.20. The lowest BCUT2D eigenvalue weighted by Crippen LogP contribution is -2.36. The molecule has 5 heteroatoms. The van der Waals surface area contributed by atoms with Gasteiger partial charge in [-0.25, -0.2) is 8.42 Å². The van der Waals surface area contributed by atoms with Crippen molar-refractivity contribution in [1.29, 1.82) is 5.26 Å². The third-order valence-electron chi connectivity index (χ3n) is 3.87. The van der Waals surface area contributed by atoms with E-state index in [0.717, 1.165) is 12.8 Å². The quantitative estimate of drug-likeness (QED) is 0.849. The highest BCUT2D eigenvalue weighted by Crippen LogP contribution is 2.36. The number of benzene rings is 1. The van der Waals surface area contributed by atoms with E-state index < -0.39 is 10.0 Å². The largest absolute Gasteiger partial charge is 0.243 e. The molecule has 0 bridgehead atoms. The minimum atomic E-state index is -3.47. The Labute approximate surface area is 114 Å². The molecule has 1 aromatic carbocycles. The maximum absolute atomic E-state index is 12.5. The number of rotatable bonds is 4. The standard InChI is InChI=1S/C14H18N2O2S/c1-10-8-14(7-6-13(10)9-15)19(17,18)16(3)11(2)12-4-5-12/h6-8,11-12H,4-5H2,1-3H3. The second kappa shape index (κ2) is 4.95. The molecule has 1 aliphatic carbocycles. The van der Waals surface area contributed by atoms with Crippen LogP contribution in [0.2, 0.25) is 0 Å². The average molecular weight is 278 g/mol. The molecule has 0 N–H and O–H groups in total. The van der Waals surface area contributed by atoms with Crippen LogP contribution in [0.4, 0.5) is 0 Å². The Morgan fingerprint density at radius 1 is 1.42 bits per heavy atom. The second-order valence-electron chi connectivity index (χ2n) is 5.19. The van der Waals surface area contributed by atoms with Gasteiger partial charge in [-0.05, 0) is 56.4 Å². The summed E-state index contributed by atoms with van der Waals surface area (Å²) in [6.45, 7) is 3.70. The van der Waals surface area contributed by atoms with E-state index in [0.29, 0.717) is 17.0 Å². The molecule has 1 unspecified atom stereocenters. The van der Waals surface area contributed by atoms with Crippen molar-refractivity contribution in [3.05, 3.63) is 29.3 Å². The molecular weight excluding hydrogens is 260 g/mol. The molecule has 0 aromatic heterocycles. The summed E-state index contributed by atoms with van der Waals surface area (Å²) in [5.74, 6) is 0.485. The van der Waals surface area contributed by atoms with Crippen LogP contribution >= 0.6 is 0 Å². The Morgan fingerprint density at radius 2 is 2.05 bits per heavy atom. The van der Waals surface area contributed by atoms with Crippen LogP contribution < -0.4 is 0 Å². The van der Waals surface area contributed by atoms with Crippen molar-refractivity contribution < 1.29 is 8.42 Å². The molecule has 0 aliphatic heterocycles. The van der Waals surface area contributed by atoms with Crippen LogP contribution in [0.5, 0.6) is 0 Å². The highest BCUT2D eigenvalue weighted by molar-refractivity contribution is 7.89. The van der Waals surface area contributed by atoms with Crippen LogP contribution in [0.1, 0.15) is 30.9 Å². The van der Waals surface area contributed by atoms with Gasteiger partial charge >= 0.3 is 0 Å². The first-order valence-electron chi connectivity index (χ1n) is 6.36. The summed E-state index contributed by atoms with van der Waals surface area (Å²) in [4.78, 5) is 0.263. The summed E-state index contributed by atoms with van der Waals surface area (Å²) in [6, 6.07) is 6.73. The average Bonchev–Trinajstić information content (AvgIpc) is 3.21. The van der Waals surface area contributed by atoms with Crippen molar-refractivity contribution in [2.75, 3.05) is 7.05 Å². The van der Waals surface area contributed by atoms with E-state index in [4.69, 9.17) is 5.26 Å². The fourth-order valence-corrected chi connectivity index (χ4v) is 3.69. The van der Waals surface area contributed by atoms with E-state index in [1.54, 1.807) is 26.1 Å². The van der Waals surface area contributed by atoms with Gasteiger partial charge in [0.05, 0.1) is 16.5 Å². The summed E-state index contributed by atoms with van der Waals surface area (Å²) in [6.07, 6.45) is 2.21. The minimum absolute atomic E-state index is 0.0287. The Kier molecular flexibility index (Phi) is 3.66.